The normalized spacial score (nSPS) is 10.6. The maximum atomic E-state index is 5.88. The summed E-state index contributed by atoms with van der Waals surface area (Å²) in [5.74, 6) is 1.29. The molecule has 6 nitrogen and oxygen atoms in total. The minimum Gasteiger partial charge on any atom is -0.370 e. The van der Waals surface area contributed by atoms with E-state index in [2.05, 4.69) is 39.6 Å². The number of nitrogens with two attached hydrogens (primary N) is 2. The summed E-state index contributed by atoms with van der Waals surface area (Å²) >= 11 is 11.8. The molecule has 170 valence electrons. The lowest BCUT2D eigenvalue weighted by Gasteiger charge is -2.23. The van der Waals surface area contributed by atoms with E-state index in [1.165, 1.54) is 11.3 Å². The zero-order chi connectivity index (χ0) is 22.3. The molecule has 0 aliphatic rings. The third-order valence-corrected chi connectivity index (χ3v) is 5.15. The van der Waals surface area contributed by atoms with E-state index in [9.17, 15) is 0 Å². The van der Waals surface area contributed by atoms with E-state index in [1.807, 2.05) is 24.3 Å². The number of hydrogen-bond acceptors (Lipinski definition) is 4. The van der Waals surface area contributed by atoms with Gasteiger partial charge in [-0.2, -0.15) is 0 Å². The van der Waals surface area contributed by atoms with Gasteiger partial charge in [-0.3, -0.25) is 10.3 Å². The van der Waals surface area contributed by atoms with Crippen LogP contribution in [0.4, 0.5) is 11.4 Å². The van der Waals surface area contributed by atoms with Gasteiger partial charge in [0.05, 0.1) is 18.8 Å². The summed E-state index contributed by atoms with van der Waals surface area (Å²) in [6.45, 7) is 2.76. The number of rotatable bonds is 15. The summed E-state index contributed by atoms with van der Waals surface area (Å²) in [7, 11) is 0. The summed E-state index contributed by atoms with van der Waals surface area (Å²) in [5, 5.41) is 0. The Labute approximate surface area is 195 Å². The number of aryl methyl sites for hydroxylation is 1. The molecule has 2 aromatic carbocycles. The topological polar surface area (TPSA) is 88.9 Å². The van der Waals surface area contributed by atoms with E-state index >= 15 is 0 Å². The first kappa shape index (κ1) is 25.1. The van der Waals surface area contributed by atoms with E-state index in [0.29, 0.717) is 24.9 Å². The first-order valence-corrected chi connectivity index (χ1v) is 11.7. The van der Waals surface area contributed by atoms with Gasteiger partial charge in [-0.05, 0) is 54.7 Å². The molecule has 0 saturated heterocycles. The molecule has 0 aliphatic heterocycles. The van der Waals surface area contributed by atoms with Gasteiger partial charge in [0.1, 0.15) is 0 Å². The van der Waals surface area contributed by atoms with Gasteiger partial charge in [-0.1, -0.05) is 30.7 Å². The second kappa shape index (κ2) is 14.8. The molecule has 2 rings (SSSR count). The van der Waals surface area contributed by atoms with Gasteiger partial charge in [0.2, 0.25) is 0 Å². The average molecular weight is 466 g/mol. The fourth-order valence-electron chi connectivity index (χ4n) is 3.12. The van der Waals surface area contributed by atoms with Gasteiger partial charge in [-0.25, -0.2) is 4.99 Å². The molecule has 0 aliphatic carbocycles. The van der Waals surface area contributed by atoms with Crippen LogP contribution in [0.1, 0.15) is 30.4 Å². The zero-order valence-electron chi connectivity index (χ0n) is 17.9. The molecular weight excluding hydrogens is 433 g/mol. The Kier molecular flexibility index (Phi) is 12.0. The maximum absolute atomic E-state index is 5.88. The van der Waals surface area contributed by atoms with Crippen molar-refractivity contribution in [1.29, 1.82) is 0 Å². The molecule has 2 aromatic rings. The van der Waals surface area contributed by atoms with Gasteiger partial charge in [0.15, 0.2) is 5.96 Å². The summed E-state index contributed by atoms with van der Waals surface area (Å²) < 4.78 is 0. The van der Waals surface area contributed by atoms with Crippen molar-refractivity contribution in [2.45, 2.75) is 32.2 Å². The molecule has 0 unspecified atom stereocenters. The summed E-state index contributed by atoms with van der Waals surface area (Å²) in [4.78, 5) is 11.8. The van der Waals surface area contributed by atoms with Crippen LogP contribution in [0, 0.1) is 0 Å². The number of unbranched alkanes of at least 4 members (excludes halogenated alkanes) is 2. The van der Waals surface area contributed by atoms with E-state index < -0.39 is 0 Å². The lowest BCUT2D eigenvalue weighted by molar-refractivity contribution is 0.187. The van der Waals surface area contributed by atoms with Crippen LogP contribution in [0.25, 0.3) is 0 Å². The quantitative estimate of drug-likeness (QED) is 0.118. The van der Waals surface area contributed by atoms with Crippen molar-refractivity contribution in [1.82, 2.24) is 0 Å². The molecule has 8 heteroatoms. The highest BCUT2D eigenvalue weighted by molar-refractivity contribution is 6.18. The predicted octanol–water partition coefficient (Wildman–Crippen LogP) is 4.50. The van der Waals surface area contributed by atoms with Crippen LogP contribution >= 0.6 is 23.2 Å². The Bertz CT molecular complexity index is 759. The Morgan fingerprint density at radius 1 is 0.871 bits per heavy atom. The van der Waals surface area contributed by atoms with E-state index in [4.69, 9.17) is 39.5 Å². The highest BCUT2D eigenvalue weighted by Crippen LogP contribution is 2.17. The van der Waals surface area contributed by atoms with Crippen LogP contribution in [0.3, 0.4) is 0 Å². The number of halogens is 2. The summed E-state index contributed by atoms with van der Waals surface area (Å²) in [6.07, 6.45) is 4.32. The van der Waals surface area contributed by atoms with E-state index in [-0.39, 0.29) is 5.96 Å². The lowest BCUT2D eigenvalue weighted by atomic mass is 10.1. The van der Waals surface area contributed by atoms with Crippen LogP contribution in [-0.4, -0.2) is 37.4 Å². The first-order valence-electron chi connectivity index (χ1n) is 10.6. The van der Waals surface area contributed by atoms with Crippen molar-refractivity contribution in [3.8, 4) is 0 Å². The van der Waals surface area contributed by atoms with Crippen LogP contribution in [0.2, 0.25) is 0 Å². The van der Waals surface area contributed by atoms with Gasteiger partial charge in [-0.15, -0.1) is 23.2 Å². The lowest BCUT2D eigenvalue weighted by Crippen LogP contribution is -2.27. The van der Waals surface area contributed by atoms with Gasteiger partial charge < -0.3 is 16.4 Å². The zero-order valence-corrected chi connectivity index (χ0v) is 19.4. The van der Waals surface area contributed by atoms with E-state index in [1.54, 1.807) is 0 Å². The molecule has 0 aromatic heterocycles. The number of guanidine groups is 1. The molecule has 0 amide bonds. The SMILES string of the molecule is NC(N)=NCc1ccc(NOCCCCCc2ccc(N(CCCl)CCCl)cc2)cc1. The van der Waals surface area contributed by atoms with Gasteiger partial charge in [0.25, 0.3) is 0 Å². The Balaban J connectivity index is 1.59. The van der Waals surface area contributed by atoms with Gasteiger partial charge >= 0.3 is 0 Å². The second-order valence-electron chi connectivity index (χ2n) is 7.23. The molecular formula is C23H33Cl2N5O. The number of nitrogens with one attached hydrogen (secondary N) is 1. The highest BCUT2D eigenvalue weighted by atomic mass is 35.5. The minimum absolute atomic E-state index is 0.0960. The molecule has 0 fully saturated rings. The average Bonchev–Trinajstić information content (AvgIpc) is 2.78. The molecule has 0 atom stereocenters. The van der Waals surface area contributed by atoms with Crippen LogP contribution < -0.4 is 21.8 Å². The van der Waals surface area contributed by atoms with Crippen molar-refractivity contribution in [2.24, 2.45) is 16.5 Å². The standard InChI is InChI=1S/C23H33Cl2N5O/c24-13-15-30(16-14-25)22-11-7-19(8-12-22)4-2-1-3-17-31-29-21-9-5-20(6-10-21)18-28-23(26)27/h5-12,29H,1-4,13-18H2,(H4,26,27,28). The van der Waals surface area contributed by atoms with Crippen LogP contribution in [0.5, 0.6) is 0 Å². The van der Waals surface area contributed by atoms with Crippen molar-refractivity contribution in [3.05, 3.63) is 59.7 Å². The fourth-order valence-corrected chi connectivity index (χ4v) is 3.53. The number of benzene rings is 2. The van der Waals surface area contributed by atoms with Crippen molar-refractivity contribution >= 4 is 40.5 Å². The van der Waals surface area contributed by atoms with Crippen molar-refractivity contribution in [2.75, 3.05) is 41.8 Å². The third kappa shape index (κ3) is 10.1. The Morgan fingerprint density at radius 3 is 2.13 bits per heavy atom. The first-order chi connectivity index (χ1) is 15.1. The third-order valence-electron chi connectivity index (χ3n) is 4.81. The fraction of sp³-hybridized carbons (Fsp3) is 0.435. The van der Waals surface area contributed by atoms with Crippen LogP contribution in [-0.2, 0) is 17.8 Å². The molecule has 0 heterocycles. The minimum atomic E-state index is 0.0960. The number of alkyl halides is 2. The van der Waals surface area contributed by atoms with Crippen molar-refractivity contribution in [3.63, 3.8) is 0 Å². The Hall–Kier alpha value is -2.15. The van der Waals surface area contributed by atoms with E-state index in [0.717, 1.165) is 50.0 Å². The number of hydrogen-bond donors (Lipinski definition) is 3. The number of aliphatic imine (C=N–C) groups is 1. The monoisotopic (exact) mass is 465 g/mol. The van der Waals surface area contributed by atoms with Gasteiger partial charge in [0, 0.05) is 30.5 Å². The smallest absolute Gasteiger partial charge is 0.186 e. The molecule has 0 radical (unpaired) electrons. The number of anilines is 2. The summed E-state index contributed by atoms with van der Waals surface area (Å²) in [5.41, 5.74) is 18.1. The Morgan fingerprint density at radius 2 is 1.52 bits per heavy atom. The highest BCUT2D eigenvalue weighted by Gasteiger charge is 2.05. The summed E-state index contributed by atoms with van der Waals surface area (Å²) in [6, 6.07) is 16.5. The maximum Gasteiger partial charge on any atom is 0.186 e. The largest absolute Gasteiger partial charge is 0.370 e. The predicted molar refractivity (Wildman–Crippen MR) is 133 cm³/mol. The second-order valence-corrected chi connectivity index (χ2v) is 7.99. The number of nitrogens with zero attached hydrogens (tertiary/aromatic N) is 2. The molecule has 0 spiro atoms. The molecule has 0 saturated carbocycles. The van der Waals surface area contributed by atoms with Crippen molar-refractivity contribution < 1.29 is 4.84 Å². The van der Waals surface area contributed by atoms with Crippen LogP contribution in [0.15, 0.2) is 53.5 Å². The molecule has 31 heavy (non-hydrogen) atoms. The molecule has 5 N–H and O–H groups in total. The molecule has 0 bridgehead atoms.